The first-order chi connectivity index (χ1) is 4.12. The fraction of sp³-hybridized carbons (Fsp3) is 0.571. The Morgan fingerprint density at radius 1 is 1.78 bits per heavy atom. The first-order valence-electron chi connectivity index (χ1n) is 2.76. The standard InChI is InChI=1S/C7H11NO/c1-4-7(2,3)5-6-8-9/h1,6,9H,5H2,2-3H3. The first-order valence-corrected chi connectivity index (χ1v) is 2.76. The van der Waals surface area contributed by atoms with Crippen LogP contribution in [0.15, 0.2) is 5.16 Å². The molecule has 0 spiro atoms. The van der Waals surface area contributed by atoms with Gasteiger partial charge in [0.1, 0.15) is 0 Å². The van der Waals surface area contributed by atoms with Gasteiger partial charge in [0.15, 0.2) is 0 Å². The van der Waals surface area contributed by atoms with Crippen LogP contribution in [0, 0.1) is 17.8 Å². The van der Waals surface area contributed by atoms with E-state index in [1.54, 1.807) is 0 Å². The predicted octanol–water partition coefficient (Wildman–Crippen LogP) is 1.50. The Hall–Kier alpha value is -0.970. The predicted molar refractivity (Wildman–Crippen MR) is 37.5 cm³/mol. The summed E-state index contributed by atoms with van der Waals surface area (Å²) < 4.78 is 0. The quantitative estimate of drug-likeness (QED) is 0.258. The summed E-state index contributed by atoms with van der Waals surface area (Å²) in [6.07, 6.45) is 7.17. The highest BCUT2D eigenvalue weighted by Crippen LogP contribution is 2.15. The van der Waals surface area contributed by atoms with Crippen molar-refractivity contribution in [2.75, 3.05) is 0 Å². The number of oxime groups is 1. The molecule has 0 fully saturated rings. The highest BCUT2D eigenvalue weighted by atomic mass is 16.4. The van der Waals surface area contributed by atoms with Crippen molar-refractivity contribution in [1.29, 1.82) is 0 Å². The van der Waals surface area contributed by atoms with E-state index < -0.39 is 0 Å². The highest BCUT2D eigenvalue weighted by molar-refractivity contribution is 5.58. The van der Waals surface area contributed by atoms with Gasteiger partial charge in [-0.1, -0.05) is 0 Å². The number of hydrogen-bond acceptors (Lipinski definition) is 2. The van der Waals surface area contributed by atoms with Crippen molar-refractivity contribution >= 4 is 6.21 Å². The van der Waals surface area contributed by atoms with E-state index in [2.05, 4.69) is 11.1 Å². The second-order valence-corrected chi connectivity index (χ2v) is 2.53. The molecule has 0 aliphatic rings. The summed E-state index contributed by atoms with van der Waals surface area (Å²) in [5, 5.41) is 10.9. The monoisotopic (exact) mass is 125 g/mol. The highest BCUT2D eigenvalue weighted by Gasteiger charge is 2.10. The van der Waals surface area contributed by atoms with Crippen molar-refractivity contribution in [2.24, 2.45) is 10.6 Å². The Labute approximate surface area is 55.6 Å². The Morgan fingerprint density at radius 2 is 2.33 bits per heavy atom. The first kappa shape index (κ1) is 8.03. The lowest BCUT2D eigenvalue weighted by Crippen LogP contribution is -2.07. The largest absolute Gasteiger partial charge is 0.411 e. The number of rotatable bonds is 2. The number of nitrogens with zero attached hydrogens (tertiary/aromatic N) is 1. The normalized spacial score (nSPS) is 11.7. The van der Waals surface area contributed by atoms with Crippen LogP contribution in [0.1, 0.15) is 20.3 Å². The van der Waals surface area contributed by atoms with Crippen molar-refractivity contribution in [3.05, 3.63) is 0 Å². The van der Waals surface area contributed by atoms with Crippen LogP contribution < -0.4 is 0 Å². The van der Waals surface area contributed by atoms with E-state index in [1.165, 1.54) is 6.21 Å². The molecule has 0 aromatic carbocycles. The Balaban J connectivity index is 3.76. The molecule has 0 saturated carbocycles. The molecule has 0 aromatic rings. The molecule has 0 rings (SSSR count). The third kappa shape index (κ3) is 3.60. The van der Waals surface area contributed by atoms with E-state index in [9.17, 15) is 0 Å². The maximum Gasteiger partial charge on any atom is 0.0450 e. The zero-order chi connectivity index (χ0) is 7.33. The van der Waals surface area contributed by atoms with Gasteiger partial charge in [0.2, 0.25) is 0 Å². The molecule has 2 nitrogen and oxygen atoms in total. The molecule has 1 N–H and O–H groups in total. The van der Waals surface area contributed by atoms with Crippen molar-refractivity contribution in [2.45, 2.75) is 20.3 Å². The van der Waals surface area contributed by atoms with Gasteiger partial charge >= 0.3 is 0 Å². The Bertz CT molecular complexity index is 141. The van der Waals surface area contributed by atoms with Crippen LogP contribution in [0.5, 0.6) is 0 Å². The average molecular weight is 125 g/mol. The SMILES string of the molecule is C#CC(C)(C)CC=NO. The van der Waals surface area contributed by atoms with Gasteiger partial charge in [-0.15, -0.1) is 17.5 Å². The molecular weight excluding hydrogens is 114 g/mol. The molecule has 0 saturated heterocycles. The van der Waals surface area contributed by atoms with E-state index in [4.69, 9.17) is 11.6 Å². The molecule has 0 aliphatic carbocycles. The van der Waals surface area contributed by atoms with E-state index >= 15 is 0 Å². The second kappa shape index (κ2) is 3.13. The summed E-state index contributed by atoms with van der Waals surface area (Å²) in [4.78, 5) is 0. The molecule has 0 aliphatic heterocycles. The smallest absolute Gasteiger partial charge is 0.0450 e. The fourth-order valence-electron chi connectivity index (χ4n) is 0.328. The zero-order valence-corrected chi connectivity index (χ0v) is 5.76. The molecule has 0 aromatic heterocycles. The zero-order valence-electron chi connectivity index (χ0n) is 5.76. The van der Waals surface area contributed by atoms with Crippen molar-refractivity contribution in [1.82, 2.24) is 0 Å². The summed E-state index contributed by atoms with van der Waals surface area (Å²) in [6, 6.07) is 0. The van der Waals surface area contributed by atoms with E-state index in [0.717, 1.165) is 0 Å². The van der Waals surface area contributed by atoms with E-state index in [-0.39, 0.29) is 5.41 Å². The molecule has 0 amide bonds. The van der Waals surface area contributed by atoms with Crippen LogP contribution in [0.4, 0.5) is 0 Å². The molecule has 0 unspecified atom stereocenters. The topological polar surface area (TPSA) is 32.6 Å². The van der Waals surface area contributed by atoms with Crippen LogP contribution in [-0.2, 0) is 0 Å². The van der Waals surface area contributed by atoms with Gasteiger partial charge in [0.25, 0.3) is 0 Å². The van der Waals surface area contributed by atoms with Gasteiger partial charge in [-0.2, -0.15) is 0 Å². The van der Waals surface area contributed by atoms with E-state index in [1.807, 2.05) is 13.8 Å². The minimum atomic E-state index is -0.188. The summed E-state index contributed by atoms with van der Waals surface area (Å²) in [7, 11) is 0. The van der Waals surface area contributed by atoms with E-state index in [0.29, 0.717) is 6.42 Å². The average Bonchev–Trinajstić information content (AvgIpc) is 1.84. The van der Waals surface area contributed by atoms with Crippen LogP contribution in [0.3, 0.4) is 0 Å². The third-order valence-corrected chi connectivity index (χ3v) is 1.07. The summed E-state index contributed by atoms with van der Waals surface area (Å²) in [6.45, 7) is 3.82. The van der Waals surface area contributed by atoms with Crippen LogP contribution in [0.2, 0.25) is 0 Å². The molecule has 0 radical (unpaired) electrons. The van der Waals surface area contributed by atoms with Crippen LogP contribution in [-0.4, -0.2) is 11.4 Å². The molecule has 9 heavy (non-hydrogen) atoms. The maximum absolute atomic E-state index is 8.03. The van der Waals surface area contributed by atoms with Crippen LogP contribution >= 0.6 is 0 Å². The Kier molecular flexibility index (Phi) is 2.80. The number of hydrogen-bond donors (Lipinski definition) is 1. The Morgan fingerprint density at radius 3 is 2.67 bits per heavy atom. The number of terminal acetylenes is 1. The molecule has 0 atom stereocenters. The molecule has 50 valence electrons. The van der Waals surface area contributed by atoms with Crippen molar-refractivity contribution < 1.29 is 5.21 Å². The van der Waals surface area contributed by atoms with Gasteiger partial charge in [0.05, 0.1) is 0 Å². The molecule has 2 heteroatoms. The van der Waals surface area contributed by atoms with Crippen molar-refractivity contribution in [3.8, 4) is 12.3 Å². The fourth-order valence-corrected chi connectivity index (χ4v) is 0.328. The molecule has 0 bridgehead atoms. The lowest BCUT2D eigenvalue weighted by molar-refractivity contribution is 0.318. The summed E-state index contributed by atoms with van der Waals surface area (Å²) in [5.41, 5.74) is -0.188. The lowest BCUT2D eigenvalue weighted by atomic mass is 9.91. The lowest BCUT2D eigenvalue weighted by Gasteiger charge is -2.11. The summed E-state index contributed by atoms with van der Waals surface area (Å²) in [5.74, 6) is 2.57. The summed E-state index contributed by atoms with van der Waals surface area (Å²) >= 11 is 0. The third-order valence-electron chi connectivity index (χ3n) is 1.07. The minimum Gasteiger partial charge on any atom is -0.411 e. The maximum atomic E-state index is 8.03. The van der Waals surface area contributed by atoms with Gasteiger partial charge < -0.3 is 5.21 Å². The van der Waals surface area contributed by atoms with Gasteiger partial charge in [-0.25, -0.2) is 0 Å². The molecule has 0 heterocycles. The molecular formula is C7H11NO. The van der Waals surface area contributed by atoms with Crippen LogP contribution in [0.25, 0.3) is 0 Å². The van der Waals surface area contributed by atoms with Gasteiger partial charge in [-0.05, 0) is 13.8 Å². The van der Waals surface area contributed by atoms with Gasteiger partial charge in [0, 0.05) is 18.1 Å². The van der Waals surface area contributed by atoms with Crippen molar-refractivity contribution in [3.63, 3.8) is 0 Å². The minimum absolute atomic E-state index is 0.188. The van der Waals surface area contributed by atoms with Gasteiger partial charge in [-0.3, -0.25) is 0 Å². The second-order valence-electron chi connectivity index (χ2n) is 2.53.